The molecule has 3 heteroatoms. The molecule has 12 heavy (non-hydrogen) atoms. The molecule has 1 fully saturated rings. The molecular weight excluding hydrogens is 150 g/mol. The maximum Gasteiger partial charge on any atom is 0.0951 e. The van der Waals surface area contributed by atoms with Crippen molar-refractivity contribution in [1.82, 2.24) is 14.9 Å². The highest BCUT2D eigenvalue weighted by Crippen LogP contribution is 2.32. The van der Waals surface area contributed by atoms with Gasteiger partial charge < -0.3 is 9.88 Å². The molecule has 0 aromatic carbocycles. The monoisotopic (exact) mass is 165 g/mol. The molecule has 1 heterocycles. The molecule has 2 rings (SSSR count). The fourth-order valence-corrected chi connectivity index (χ4v) is 1.64. The van der Waals surface area contributed by atoms with Gasteiger partial charge in [0, 0.05) is 18.8 Å². The lowest BCUT2D eigenvalue weighted by atomic mass is 9.93. The van der Waals surface area contributed by atoms with Crippen LogP contribution in [-0.4, -0.2) is 16.6 Å². The summed E-state index contributed by atoms with van der Waals surface area (Å²) in [6.45, 7) is 0.927. The zero-order valence-corrected chi connectivity index (χ0v) is 7.45. The van der Waals surface area contributed by atoms with Gasteiger partial charge in [-0.2, -0.15) is 0 Å². The van der Waals surface area contributed by atoms with Crippen molar-refractivity contribution in [3.05, 3.63) is 18.2 Å². The first kappa shape index (κ1) is 7.80. The van der Waals surface area contributed by atoms with Gasteiger partial charge >= 0.3 is 0 Å². The Balaban J connectivity index is 2.12. The summed E-state index contributed by atoms with van der Waals surface area (Å²) < 4.78 is 2.31. The zero-order chi connectivity index (χ0) is 8.39. The van der Waals surface area contributed by atoms with Crippen LogP contribution in [0.5, 0.6) is 0 Å². The van der Waals surface area contributed by atoms with E-state index in [1.807, 2.05) is 19.6 Å². The smallest absolute Gasteiger partial charge is 0.0951 e. The second-order valence-corrected chi connectivity index (χ2v) is 3.41. The summed E-state index contributed by atoms with van der Waals surface area (Å²) in [7, 11) is 1.97. The summed E-state index contributed by atoms with van der Waals surface area (Å²) in [5.41, 5.74) is 1.31. The molecule has 1 aromatic heterocycles. The van der Waals surface area contributed by atoms with Gasteiger partial charge in [0.15, 0.2) is 0 Å². The van der Waals surface area contributed by atoms with E-state index in [4.69, 9.17) is 0 Å². The van der Waals surface area contributed by atoms with Gasteiger partial charge in [-0.1, -0.05) is 0 Å². The van der Waals surface area contributed by atoms with Crippen molar-refractivity contribution in [2.24, 2.45) is 0 Å². The Kier molecular flexibility index (Phi) is 2.13. The van der Waals surface area contributed by atoms with Gasteiger partial charge in [0.1, 0.15) is 0 Å². The minimum atomic E-state index is 0.732. The fraction of sp³-hybridized carbons (Fsp3) is 0.667. The van der Waals surface area contributed by atoms with Crippen LogP contribution in [-0.2, 0) is 6.54 Å². The molecule has 1 aromatic rings. The van der Waals surface area contributed by atoms with E-state index in [1.54, 1.807) is 0 Å². The highest BCUT2D eigenvalue weighted by molar-refractivity contribution is 5.01. The third-order valence-electron chi connectivity index (χ3n) is 2.57. The maximum absolute atomic E-state index is 4.17. The van der Waals surface area contributed by atoms with Crippen molar-refractivity contribution in [2.45, 2.75) is 31.8 Å². The normalized spacial score (nSPS) is 17.8. The van der Waals surface area contributed by atoms with Crippen molar-refractivity contribution >= 4 is 0 Å². The topological polar surface area (TPSA) is 29.9 Å². The lowest BCUT2D eigenvalue weighted by Gasteiger charge is -2.28. The van der Waals surface area contributed by atoms with E-state index in [9.17, 15) is 0 Å². The Morgan fingerprint density at radius 2 is 2.50 bits per heavy atom. The largest absolute Gasteiger partial charge is 0.330 e. The number of imidazole rings is 1. The molecule has 1 aliphatic rings. The Morgan fingerprint density at radius 1 is 1.67 bits per heavy atom. The molecule has 1 aliphatic carbocycles. The van der Waals surface area contributed by atoms with Crippen LogP contribution in [0.15, 0.2) is 12.5 Å². The molecule has 0 unspecified atom stereocenters. The van der Waals surface area contributed by atoms with Crippen LogP contribution in [0.4, 0.5) is 0 Å². The number of hydrogen-bond acceptors (Lipinski definition) is 2. The molecule has 0 saturated heterocycles. The van der Waals surface area contributed by atoms with Crippen LogP contribution >= 0.6 is 0 Å². The number of aromatic nitrogens is 2. The quantitative estimate of drug-likeness (QED) is 0.732. The van der Waals surface area contributed by atoms with Gasteiger partial charge in [0.25, 0.3) is 0 Å². The van der Waals surface area contributed by atoms with Crippen LogP contribution in [0.1, 0.15) is 31.0 Å². The number of nitrogens with one attached hydrogen (secondary N) is 1. The molecule has 1 saturated carbocycles. The highest BCUT2D eigenvalue weighted by atomic mass is 15.1. The third kappa shape index (κ3) is 1.25. The van der Waals surface area contributed by atoms with E-state index in [2.05, 4.69) is 14.9 Å². The van der Waals surface area contributed by atoms with Gasteiger partial charge in [-0.15, -0.1) is 0 Å². The summed E-state index contributed by atoms with van der Waals surface area (Å²) in [5, 5.41) is 3.15. The number of nitrogens with zero attached hydrogens (tertiary/aromatic N) is 2. The molecule has 3 nitrogen and oxygen atoms in total. The van der Waals surface area contributed by atoms with E-state index in [1.165, 1.54) is 25.0 Å². The zero-order valence-electron chi connectivity index (χ0n) is 7.45. The van der Waals surface area contributed by atoms with Crippen molar-refractivity contribution in [1.29, 1.82) is 0 Å². The SMILES string of the molecule is CNCc1cncn1C1CCC1. The van der Waals surface area contributed by atoms with Crippen LogP contribution in [0.2, 0.25) is 0 Å². The van der Waals surface area contributed by atoms with Crippen LogP contribution in [0.25, 0.3) is 0 Å². The maximum atomic E-state index is 4.17. The van der Waals surface area contributed by atoms with Crippen molar-refractivity contribution in [2.75, 3.05) is 7.05 Å². The van der Waals surface area contributed by atoms with Gasteiger partial charge in [-0.3, -0.25) is 0 Å². The van der Waals surface area contributed by atoms with Gasteiger partial charge in [0.2, 0.25) is 0 Å². The van der Waals surface area contributed by atoms with Gasteiger partial charge in [0.05, 0.1) is 12.0 Å². The number of rotatable bonds is 3. The predicted octanol–water partition coefficient (Wildman–Crippen LogP) is 1.33. The van der Waals surface area contributed by atoms with Gasteiger partial charge in [-0.05, 0) is 26.3 Å². The summed E-state index contributed by atoms with van der Waals surface area (Å²) in [4.78, 5) is 4.17. The van der Waals surface area contributed by atoms with E-state index in [0.29, 0.717) is 0 Å². The van der Waals surface area contributed by atoms with E-state index in [-0.39, 0.29) is 0 Å². The van der Waals surface area contributed by atoms with Crippen LogP contribution in [0.3, 0.4) is 0 Å². The van der Waals surface area contributed by atoms with Gasteiger partial charge in [-0.25, -0.2) is 4.98 Å². The lowest BCUT2D eigenvalue weighted by molar-refractivity contribution is 0.306. The Hall–Kier alpha value is -0.830. The molecule has 0 atom stereocenters. The Morgan fingerprint density at radius 3 is 3.08 bits per heavy atom. The summed E-state index contributed by atoms with van der Waals surface area (Å²) in [5.74, 6) is 0. The molecule has 0 spiro atoms. The molecule has 0 aliphatic heterocycles. The van der Waals surface area contributed by atoms with E-state index < -0.39 is 0 Å². The number of hydrogen-bond donors (Lipinski definition) is 1. The van der Waals surface area contributed by atoms with E-state index in [0.717, 1.165) is 12.6 Å². The van der Waals surface area contributed by atoms with Crippen molar-refractivity contribution < 1.29 is 0 Å². The Labute approximate surface area is 72.8 Å². The first-order valence-corrected chi connectivity index (χ1v) is 4.57. The molecule has 0 radical (unpaired) electrons. The summed E-state index contributed by atoms with van der Waals surface area (Å²) >= 11 is 0. The standard InChI is InChI=1S/C9H15N3/c1-10-5-9-6-11-7-12(9)8-3-2-4-8/h6-8,10H,2-5H2,1H3. The second-order valence-electron chi connectivity index (χ2n) is 3.41. The first-order chi connectivity index (χ1) is 5.92. The minimum Gasteiger partial charge on any atom is -0.330 e. The van der Waals surface area contributed by atoms with E-state index >= 15 is 0 Å². The summed E-state index contributed by atoms with van der Waals surface area (Å²) in [6.07, 6.45) is 7.94. The average Bonchev–Trinajstić information content (AvgIpc) is 2.35. The third-order valence-corrected chi connectivity index (χ3v) is 2.57. The minimum absolute atomic E-state index is 0.732. The van der Waals surface area contributed by atoms with Crippen molar-refractivity contribution in [3.63, 3.8) is 0 Å². The fourth-order valence-electron chi connectivity index (χ4n) is 1.64. The predicted molar refractivity (Wildman–Crippen MR) is 47.9 cm³/mol. The molecule has 66 valence electrons. The molecule has 1 N–H and O–H groups in total. The van der Waals surface area contributed by atoms with Crippen LogP contribution in [0, 0.1) is 0 Å². The first-order valence-electron chi connectivity index (χ1n) is 4.57. The second kappa shape index (κ2) is 3.27. The molecule has 0 amide bonds. The van der Waals surface area contributed by atoms with Crippen LogP contribution < -0.4 is 5.32 Å². The van der Waals surface area contributed by atoms with Crippen molar-refractivity contribution in [3.8, 4) is 0 Å². The lowest BCUT2D eigenvalue weighted by Crippen LogP contribution is -2.20. The highest BCUT2D eigenvalue weighted by Gasteiger charge is 2.20. The Bertz CT molecular complexity index is 250. The molecule has 0 bridgehead atoms. The molecular formula is C9H15N3. The average molecular weight is 165 g/mol. The summed E-state index contributed by atoms with van der Waals surface area (Å²) in [6, 6.07) is 0.732.